The van der Waals surface area contributed by atoms with Crippen molar-refractivity contribution in [3.63, 3.8) is 0 Å². The van der Waals surface area contributed by atoms with E-state index < -0.39 is 5.97 Å². The van der Waals surface area contributed by atoms with Crippen molar-refractivity contribution < 1.29 is 13.9 Å². The lowest BCUT2D eigenvalue weighted by Crippen LogP contribution is -2.22. The summed E-state index contributed by atoms with van der Waals surface area (Å²) in [6.45, 7) is 2.85. The number of carbonyl (C=O) groups excluding carboxylic acids is 1. The molecular weight excluding hydrogens is 334 g/mol. The van der Waals surface area contributed by atoms with Crippen LogP contribution in [0.3, 0.4) is 0 Å². The zero-order chi connectivity index (χ0) is 15.2. The first kappa shape index (κ1) is 15.8. The van der Waals surface area contributed by atoms with E-state index in [2.05, 4.69) is 38.1 Å². The van der Waals surface area contributed by atoms with E-state index in [0.29, 0.717) is 0 Å². The quantitative estimate of drug-likeness (QED) is 0.805. The number of nitrogens with one attached hydrogen (secondary N) is 1. The molecule has 112 valence electrons. The van der Waals surface area contributed by atoms with Crippen LogP contribution < -0.4 is 5.32 Å². The molecule has 2 aromatic rings. The van der Waals surface area contributed by atoms with Gasteiger partial charge >= 0.3 is 5.97 Å². The molecule has 2 rings (SSSR count). The van der Waals surface area contributed by atoms with E-state index in [0.717, 1.165) is 23.2 Å². The molecule has 0 radical (unpaired) electrons. The number of carbonyl (C=O) groups is 1. The average Bonchev–Trinajstić information content (AvgIpc) is 2.96. The van der Waals surface area contributed by atoms with E-state index in [-0.39, 0.29) is 11.8 Å². The van der Waals surface area contributed by atoms with Gasteiger partial charge in [-0.3, -0.25) is 0 Å². The van der Waals surface area contributed by atoms with Crippen LogP contribution in [0.15, 0.2) is 45.3 Å². The van der Waals surface area contributed by atoms with Gasteiger partial charge in [0.1, 0.15) is 5.76 Å². The molecule has 0 bridgehead atoms. The molecular formula is C16H18BrNO3. The highest BCUT2D eigenvalue weighted by Crippen LogP contribution is 2.23. The molecule has 0 spiro atoms. The Morgan fingerprint density at radius 1 is 1.38 bits per heavy atom. The van der Waals surface area contributed by atoms with E-state index >= 15 is 0 Å². The van der Waals surface area contributed by atoms with Crippen molar-refractivity contribution in [2.24, 2.45) is 0 Å². The van der Waals surface area contributed by atoms with Crippen LogP contribution in [0.4, 0.5) is 0 Å². The molecule has 5 heteroatoms. The number of furan rings is 1. The van der Waals surface area contributed by atoms with E-state index in [1.165, 1.54) is 12.7 Å². The van der Waals surface area contributed by atoms with Crippen LogP contribution in [-0.2, 0) is 11.2 Å². The Hall–Kier alpha value is -1.59. The number of methoxy groups -OCH3 is 1. The van der Waals surface area contributed by atoms with Gasteiger partial charge in [0.2, 0.25) is 5.76 Å². The summed E-state index contributed by atoms with van der Waals surface area (Å²) in [7, 11) is 1.34. The van der Waals surface area contributed by atoms with E-state index in [1.807, 2.05) is 25.1 Å². The van der Waals surface area contributed by atoms with Gasteiger partial charge in [0.05, 0.1) is 13.2 Å². The first-order valence-corrected chi connectivity index (χ1v) is 7.59. The van der Waals surface area contributed by atoms with Crippen molar-refractivity contribution in [3.8, 4) is 0 Å². The van der Waals surface area contributed by atoms with Crippen LogP contribution in [0.1, 0.15) is 34.8 Å². The fourth-order valence-electron chi connectivity index (χ4n) is 2.17. The molecule has 21 heavy (non-hydrogen) atoms. The minimum atomic E-state index is -0.459. The van der Waals surface area contributed by atoms with Crippen LogP contribution in [0.5, 0.6) is 0 Å². The van der Waals surface area contributed by atoms with Gasteiger partial charge in [0, 0.05) is 4.47 Å². The fourth-order valence-corrected chi connectivity index (χ4v) is 2.62. The van der Waals surface area contributed by atoms with Gasteiger partial charge in [-0.05, 0) is 42.8 Å². The Morgan fingerprint density at radius 2 is 2.19 bits per heavy atom. The van der Waals surface area contributed by atoms with Gasteiger partial charge in [0.15, 0.2) is 0 Å². The van der Waals surface area contributed by atoms with Crippen molar-refractivity contribution in [2.75, 3.05) is 13.7 Å². The second-order valence-corrected chi connectivity index (χ2v) is 5.55. The normalized spacial score (nSPS) is 12.1. The second kappa shape index (κ2) is 7.43. The second-order valence-electron chi connectivity index (χ2n) is 4.64. The molecule has 4 nitrogen and oxygen atoms in total. The molecule has 1 heterocycles. The SMILES string of the molecule is CCNC(Cc1cccc(Br)c1)c1ccc(C(=O)OC)o1. The molecule has 0 aliphatic rings. The first-order chi connectivity index (χ1) is 10.1. The number of esters is 1. The Labute approximate surface area is 132 Å². The Morgan fingerprint density at radius 3 is 2.86 bits per heavy atom. The lowest BCUT2D eigenvalue weighted by molar-refractivity contribution is 0.0562. The molecule has 1 unspecified atom stereocenters. The van der Waals surface area contributed by atoms with Gasteiger partial charge in [-0.2, -0.15) is 0 Å². The van der Waals surface area contributed by atoms with Gasteiger partial charge in [-0.25, -0.2) is 4.79 Å². The smallest absolute Gasteiger partial charge is 0.373 e. The topological polar surface area (TPSA) is 51.5 Å². The zero-order valence-corrected chi connectivity index (χ0v) is 13.6. The summed E-state index contributed by atoms with van der Waals surface area (Å²) in [5.41, 5.74) is 1.19. The van der Waals surface area contributed by atoms with E-state index in [1.54, 1.807) is 6.07 Å². The van der Waals surface area contributed by atoms with Crippen molar-refractivity contribution >= 4 is 21.9 Å². The molecule has 1 atom stereocenters. The van der Waals surface area contributed by atoms with Crippen LogP contribution in [0.2, 0.25) is 0 Å². The van der Waals surface area contributed by atoms with Crippen LogP contribution in [0.25, 0.3) is 0 Å². The van der Waals surface area contributed by atoms with Gasteiger partial charge in [0.25, 0.3) is 0 Å². The highest BCUT2D eigenvalue weighted by atomic mass is 79.9. The summed E-state index contributed by atoms with van der Waals surface area (Å²) in [5.74, 6) is 0.501. The van der Waals surface area contributed by atoms with E-state index in [9.17, 15) is 4.79 Å². The first-order valence-electron chi connectivity index (χ1n) is 6.80. The monoisotopic (exact) mass is 351 g/mol. The highest BCUT2D eigenvalue weighted by molar-refractivity contribution is 9.10. The maximum absolute atomic E-state index is 11.5. The van der Waals surface area contributed by atoms with E-state index in [4.69, 9.17) is 4.42 Å². The average molecular weight is 352 g/mol. The third-order valence-electron chi connectivity index (χ3n) is 3.14. The zero-order valence-electron chi connectivity index (χ0n) is 12.1. The number of hydrogen-bond acceptors (Lipinski definition) is 4. The molecule has 0 amide bonds. The Balaban J connectivity index is 2.18. The number of benzene rings is 1. The van der Waals surface area contributed by atoms with Crippen LogP contribution in [-0.4, -0.2) is 19.6 Å². The summed E-state index contributed by atoms with van der Waals surface area (Å²) < 4.78 is 11.3. The molecule has 0 aliphatic carbocycles. The van der Waals surface area contributed by atoms with Crippen LogP contribution in [0, 0.1) is 0 Å². The molecule has 1 aromatic heterocycles. The Kier molecular flexibility index (Phi) is 5.59. The predicted molar refractivity (Wildman–Crippen MR) is 84.3 cm³/mol. The lowest BCUT2D eigenvalue weighted by atomic mass is 10.0. The summed E-state index contributed by atoms with van der Waals surface area (Å²) in [4.78, 5) is 11.5. The third kappa shape index (κ3) is 4.19. The van der Waals surface area contributed by atoms with Gasteiger partial charge < -0.3 is 14.5 Å². The maximum Gasteiger partial charge on any atom is 0.373 e. The number of ether oxygens (including phenoxy) is 1. The highest BCUT2D eigenvalue weighted by Gasteiger charge is 2.18. The van der Waals surface area contributed by atoms with Gasteiger partial charge in [-0.1, -0.05) is 35.0 Å². The fraction of sp³-hybridized carbons (Fsp3) is 0.312. The molecule has 0 saturated carbocycles. The summed E-state index contributed by atoms with van der Waals surface area (Å²) in [6, 6.07) is 11.6. The van der Waals surface area contributed by atoms with Gasteiger partial charge in [-0.15, -0.1) is 0 Å². The maximum atomic E-state index is 11.5. The number of rotatable bonds is 6. The third-order valence-corrected chi connectivity index (χ3v) is 3.63. The largest absolute Gasteiger partial charge is 0.463 e. The predicted octanol–water partition coefficient (Wildman–Crippen LogP) is 3.72. The molecule has 0 fully saturated rings. The standard InChI is InChI=1S/C16H18BrNO3/c1-3-18-13(10-11-5-4-6-12(17)9-11)14-7-8-15(21-14)16(19)20-2/h4-9,13,18H,3,10H2,1-2H3. The molecule has 1 N–H and O–H groups in total. The summed E-state index contributed by atoms with van der Waals surface area (Å²) in [6.07, 6.45) is 0.779. The van der Waals surface area contributed by atoms with Crippen molar-refractivity contribution in [2.45, 2.75) is 19.4 Å². The summed E-state index contributed by atoms with van der Waals surface area (Å²) in [5, 5.41) is 3.38. The van der Waals surface area contributed by atoms with Crippen LogP contribution >= 0.6 is 15.9 Å². The number of halogens is 1. The minimum Gasteiger partial charge on any atom is -0.463 e. The summed E-state index contributed by atoms with van der Waals surface area (Å²) >= 11 is 3.47. The van der Waals surface area contributed by atoms with Crippen molar-refractivity contribution in [1.82, 2.24) is 5.32 Å². The number of hydrogen-bond donors (Lipinski definition) is 1. The molecule has 1 aromatic carbocycles. The van der Waals surface area contributed by atoms with Crippen molar-refractivity contribution in [3.05, 3.63) is 58.0 Å². The minimum absolute atomic E-state index is 0.0164. The molecule has 0 saturated heterocycles. The Bertz CT molecular complexity index is 609. The molecule has 0 aliphatic heterocycles. The van der Waals surface area contributed by atoms with Crippen molar-refractivity contribution in [1.29, 1.82) is 0 Å². The lowest BCUT2D eigenvalue weighted by Gasteiger charge is -2.15. The number of likely N-dealkylation sites (N-methyl/N-ethyl adjacent to an activating group) is 1.